The molecule has 0 saturated heterocycles. The molecule has 4 atom stereocenters. The van der Waals surface area contributed by atoms with Crippen molar-refractivity contribution < 1.29 is 4.79 Å². The van der Waals surface area contributed by atoms with E-state index in [1.165, 1.54) is 0 Å². The Labute approximate surface area is 240 Å². The summed E-state index contributed by atoms with van der Waals surface area (Å²) < 4.78 is 0. The summed E-state index contributed by atoms with van der Waals surface area (Å²) in [6.07, 6.45) is 0.788. The van der Waals surface area contributed by atoms with Crippen LogP contribution < -0.4 is 0 Å². The fourth-order valence-electron chi connectivity index (χ4n) is 4.70. The maximum absolute atomic E-state index is 13.4. The minimum absolute atomic E-state index is 0.000440. The van der Waals surface area contributed by atoms with E-state index < -0.39 is 0 Å². The zero-order valence-electron chi connectivity index (χ0n) is 19.5. The Balaban J connectivity index is 1.55. The number of carbonyl (C=O) groups excluding carboxylic acids is 1. The van der Waals surface area contributed by atoms with Crippen LogP contribution in [0.5, 0.6) is 0 Å². The van der Waals surface area contributed by atoms with Crippen LogP contribution in [0.2, 0.25) is 10.0 Å². The number of hydrogen-bond acceptors (Lipinski definition) is 1. The number of Topliss-reactive ketones (excluding diaryl/α,β-unsaturated/α-hetero) is 1. The van der Waals surface area contributed by atoms with E-state index in [2.05, 4.69) is 68.3 Å². The molecular formula is C31H26Br2Cl2O. The van der Waals surface area contributed by atoms with Gasteiger partial charge >= 0.3 is 0 Å². The summed E-state index contributed by atoms with van der Waals surface area (Å²) in [4.78, 5) is 13.3. The van der Waals surface area contributed by atoms with Gasteiger partial charge in [-0.1, -0.05) is 140 Å². The smallest absolute Gasteiger partial charge is 0.135 e. The second-order valence-corrected chi connectivity index (χ2v) is 12.1. The largest absolute Gasteiger partial charge is 0.300 e. The van der Waals surface area contributed by atoms with Gasteiger partial charge in [-0.25, -0.2) is 0 Å². The van der Waals surface area contributed by atoms with Crippen LogP contribution in [0.3, 0.4) is 0 Å². The van der Waals surface area contributed by atoms with Crippen molar-refractivity contribution in [3.05, 3.63) is 141 Å². The normalized spacial score (nSPS) is 14.6. The van der Waals surface area contributed by atoms with Crippen molar-refractivity contribution >= 4 is 60.8 Å². The summed E-state index contributed by atoms with van der Waals surface area (Å²) in [7, 11) is 0. The van der Waals surface area contributed by atoms with Crippen LogP contribution in [-0.2, 0) is 4.79 Å². The number of rotatable bonds is 10. The van der Waals surface area contributed by atoms with Crippen LogP contribution in [0.1, 0.15) is 46.9 Å². The van der Waals surface area contributed by atoms with Crippen molar-refractivity contribution in [1.82, 2.24) is 0 Å². The lowest BCUT2D eigenvalue weighted by molar-refractivity contribution is -0.119. The van der Waals surface area contributed by atoms with E-state index in [9.17, 15) is 4.79 Å². The standard InChI is InChI=1S/C31H26Br2Cl2O/c32-28(30(21-9-3-1-4-10-21)23-13-7-15-25(34)17-23)19-27(36)20-29(33)31(22-11-5-2-6-12-22)24-14-8-16-26(35)18-24/h1-18,28-31H,19-20H2. The highest BCUT2D eigenvalue weighted by molar-refractivity contribution is 9.09. The summed E-state index contributed by atoms with van der Waals surface area (Å²) in [5.41, 5.74) is 4.46. The van der Waals surface area contributed by atoms with Gasteiger partial charge in [0.2, 0.25) is 0 Å². The third kappa shape index (κ3) is 7.10. The van der Waals surface area contributed by atoms with Crippen LogP contribution in [0, 0.1) is 0 Å². The van der Waals surface area contributed by atoms with Gasteiger partial charge in [-0.05, 0) is 46.5 Å². The maximum Gasteiger partial charge on any atom is 0.135 e. The predicted octanol–water partition coefficient (Wildman–Crippen LogP) is 9.83. The number of carbonyl (C=O) groups is 1. The number of halogens is 4. The molecule has 0 heterocycles. The average Bonchev–Trinajstić information content (AvgIpc) is 2.86. The van der Waals surface area contributed by atoms with Crippen LogP contribution in [0.15, 0.2) is 109 Å². The Morgan fingerprint density at radius 1 is 0.556 bits per heavy atom. The van der Waals surface area contributed by atoms with E-state index in [1.54, 1.807) is 0 Å². The molecule has 5 heteroatoms. The van der Waals surface area contributed by atoms with E-state index in [0.717, 1.165) is 22.3 Å². The predicted molar refractivity (Wildman–Crippen MR) is 159 cm³/mol. The second kappa shape index (κ2) is 13.1. The third-order valence-electron chi connectivity index (χ3n) is 6.30. The van der Waals surface area contributed by atoms with Gasteiger partial charge in [-0.2, -0.15) is 0 Å². The Morgan fingerprint density at radius 3 is 1.28 bits per heavy atom. The molecule has 0 fully saturated rings. The summed E-state index contributed by atoms with van der Waals surface area (Å²) in [6.45, 7) is 0. The highest BCUT2D eigenvalue weighted by Gasteiger charge is 2.29. The van der Waals surface area contributed by atoms with Gasteiger partial charge < -0.3 is 0 Å². The van der Waals surface area contributed by atoms with Crippen molar-refractivity contribution in [2.75, 3.05) is 0 Å². The Bertz CT molecular complexity index is 1180. The number of benzene rings is 4. The molecule has 0 bridgehead atoms. The van der Waals surface area contributed by atoms with Crippen LogP contribution in [0.25, 0.3) is 0 Å². The van der Waals surface area contributed by atoms with E-state index >= 15 is 0 Å². The molecule has 0 radical (unpaired) electrons. The van der Waals surface area contributed by atoms with Crippen molar-refractivity contribution in [1.29, 1.82) is 0 Å². The van der Waals surface area contributed by atoms with Gasteiger partial charge in [0.15, 0.2) is 0 Å². The topological polar surface area (TPSA) is 17.1 Å². The summed E-state index contributed by atoms with van der Waals surface area (Å²) in [5.74, 6) is 0.186. The van der Waals surface area contributed by atoms with Gasteiger partial charge in [0.1, 0.15) is 5.78 Å². The Morgan fingerprint density at radius 2 is 0.917 bits per heavy atom. The molecule has 0 aromatic heterocycles. The summed E-state index contributed by atoms with van der Waals surface area (Å²) in [5, 5.41) is 1.37. The minimum Gasteiger partial charge on any atom is -0.300 e. The van der Waals surface area contributed by atoms with Crippen molar-refractivity contribution in [2.24, 2.45) is 0 Å². The molecule has 4 rings (SSSR count). The minimum atomic E-state index is -0.0769. The maximum atomic E-state index is 13.4. The lowest BCUT2D eigenvalue weighted by Gasteiger charge is -2.26. The lowest BCUT2D eigenvalue weighted by atomic mass is 9.84. The lowest BCUT2D eigenvalue weighted by Crippen LogP contribution is -2.22. The van der Waals surface area contributed by atoms with Crippen molar-refractivity contribution in [3.63, 3.8) is 0 Å². The first kappa shape index (κ1) is 27.1. The fraction of sp³-hybridized carbons (Fsp3) is 0.194. The van der Waals surface area contributed by atoms with Gasteiger partial charge in [0.25, 0.3) is 0 Å². The van der Waals surface area contributed by atoms with Crippen LogP contribution in [0.4, 0.5) is 0 Å². The number of alkyl halides is 2. The van der Waals surface area contributed by atoms with Crippen LogP contribution >= 0.6 is 55.1 Å². The average molecular weight is 645 g/mol. The molecule has 4 aromatic rings. The zero-order chi connectivity index (χ0) is 25.5. The third-order valence-corrected chi connectivity index (χ3v) is 8.48. The quantitative estimate of drug-likeness (QED) is 0.157. The molecule has 0 aliphatic rings. The molecule has 0 saturated carbocycles. The second-order valence-electron chi connectivity index (χ2n) is 8.87. The fourth-order valence-corrected chi connectivity index (χ4v) is 7.04. The monoisotopic (exact) mass is 642 g/mol. The van der Waals surface area contributed by atoms with Gasteiger partial charge in [0, 0.05) is 44.4 Å². The highest BCUT2D eigenvalue weighted by Crippen LogP contribution is 2.38. The SMILES string of the molecule is O=C(CC(Br)C(c1ccccc1)c1cccc(Cl)c1)CC(Br)C(c1ccccc1)c1cccc(Cl)c1. The van der Waals surface area contributed by atoms with Crippen molar-refractivity contribution in [2.45, 2.75) is 34.3 Å². The summed E-state index contributed by atoms with van der Waals surface area (Å²) >= 11 is 20.4. The van der Waals surface area contributed by atoms with E-state index in [-0.39, 0.29) is 27.3 Å². The molecule has 1 nitrogen and oxygen atoms in total. The molecule has 0 aliphatic carbocycles. The molecule has 0 aliphatic heterocycles. The highest BCUT2D eigenvalue weighted by atomic mass is 79.9. The Kier molecular flexibility index (Phi) is 9.84. The molecule has 184 valence electrons. The van der Waals surface area contributed by atoms with E-state index in [4.69, 9.17) is 23.2 Å². The molecule has 4 aromatic carbocycles. The van der Waals surface area contributed by atoms with Crippen molar-refractivity contribution in [3.8, 4) is 0 Å². The number of hydrogen-bond donors (Lipinski definition) is 0. The first-order valence-electron chi connectivity index (χ1n) is 11.8. The van der Waals surface area contributed by atoms with E-state index in [0.29, 0.717) is 22.9 Å². The molecular weight excluding hydrogens is 619 g/mol. The molecule has 4 unspecified atom stereocenters. The molecule has 0 spiro atoms. The first-order valence-corrected chi connectivity index (χ1v) is 14.4. The van der Waals surface area contributed by atoms with Crippen LogP contribution in [-0.4, -0.2) is 15.4 Å². The number of ketones is 1. The van der Waals surface area contributed by atoms with Gasteiger partial charge in [0.05, 0.1) is 0 Å². The van der Waals surface area contributed by atoms with Gasteiger partial charge in [-0.3, -0.25) is 4.79 Å². The Hall–Kier alpha value is -1.91. The van der Waals surface area contributed by atoms with Gasteiger partial charge in [-0.15, -0.1) is 0 Å². The first-order chi connectivity index (χ1) is 17.4. The summed E-state index contributed by atoms with van der Waals surface area (Å²) in [6, 6.07) is 36.3. The van der Waals surface area contributed by atoms with E-state index in [1.807, 2.05) is 72.8 Å². The molecule has 0 amide bonds. The zero-order valence-corrected chi connectivity index (χ0v) is 24.2. The molecule has 36 heavy (non-hydrogen) atoms. The molecule has 0 N–H and O–H groups in total.